The minimum atomic E-state index is -0.156. The monoisotopic (exact) mass is 259 g/mol. The van der Waals surface area contributed by atoms with Crippen LogP contribution in [0.1, 0.15) is 42.7 Å². The van der Waals surface area contributed by atoms with E-state index < -0.39 is 0 Å². The molecule has 19 heavy (non-hydrogen) atoms. The van der Waals surface area contributed by atoms with E-state index in [4.69, 9.17) is 10.3 Å². The summed E-state index contributed by atoms with van der Waals surface area (Å²) < 4.78 is 5.25. The molecule has 2 N–H and O–H groups in total. The Bertz CT molecular complexity index is 534. The van der Waals surface area contributed by atoms with Gasteiger partial charge in [-0.1, -0.05) is 48.8 Å². The van der Waals surface area contributed by atoms with E-state index in [1.807, 2.05) is 13.8 Å². The number of nitrogens with zero attached hydrogens (tertiary/aromatic N) is 2. The molecule has 1 aromatic heterocycles. The number of hydrogen-bond acceptors (Lipinski definition) is 4. The van der Waals surface area contributed by atoms with Crippen molar-refractivity contribution in [1.29, 1.82) is 0 Å². The Hall–Kier alpha value is -1.68. The van der Waals surface area contributed by atoms with Gasteiger partial charge in [-0.25, -0.2) is 0 Å². The lowest BCUT2D eigenvalue weighted by molar-refractivity contribution is 0.363. The lowest BCUT2D eigenvalue weighted by Crippen LogP contribution is -2.18. The third kappa shape index (κ3) is 3.64. The number of nitrogens with two attached hydrogens (primary N) is 1. The van der Waals surface area contributed by atoms with Crippen molar-refractivity contribution in [2.45, 2.75) is 39.7 Å². The first-order chi connectivity index (χ1) is 9.06. The Morgan fingerprint density at radius 1 is 1.26 bits per heavy atom. The maximum Gasteiger partial charge on any atom is 0.227 e. The van der Waals surface area contributed by atoms with Gasteiger partial charge in [-0.15, -0.1) is 0 Å². The molecule has 0 aliphatic heterocycles. The molecule has 0 aliphatic carbocycles. The topological polar surface area (TPSA) is 64.9 Å². The van der Waals surface area contributed by atoms with Crippen molar-refractivity contribution in [3.05, 3.63) is 47.1 Å². The Kier molecular flexibility index (Phi) is 4.32. The predicted octanol–water partition coefficient (Wildman–Crippen LogP) is 2.82. The van der Waals surface area contributed by atoms with Crippen LogP contribution in [0.5, 0.6) is 0 Å². The number of aromatic nitrogens is 2. The van der Waals surface area contributed by atoms with Crippen molar-refractivity contribution in [2.24, 2.45) is 11.7 Å². The number of benzene rings is 1. The van der Waals surface area contributed by atoms with E-state index >= 15 is 0 Å². The molecule has 0 amide bonds. The van der Waals surface area contributed by atoms with Gasteiger partial charge in [0, 0.05) is 6.42 Å². The maximum absolute atomic E-state index is 5.99. The molecule has 0 bridgehead atoms. The highest BCUT2D eigenvalue weighted by molar-refractivity contribution is 5.22. The number of hydrogen-bond donors (Lipinski definition) is 1. The van der Waals surface area contributed by atoms with E-state index in [1.165, 1.54) is 11.1 Å². The highest BCUT2D eigenvalue weighted by Crippen LogP contribution is 2.16. The van der Waals surface area contributed by atoms with Crippen LogP contribution >= 0.6 is 0 Å². The van der Waals surface area contributed by atoms with Gasteiger partial charge in [-0.2, -0.15) is 4.98 Å². The van der Waals surface area contributed by atoms with Crippen LogP contribution in [-0.4, -0.2) is 10.1 Å². The molecular formula is C15H21N3O. The Morgan fingerprint density at radius 2 is 2.05 bits per heavy atom. The Balaban J connectivity index is 1.97. The molecule has 102 valence electrons. The minimum absolute atomic E-state index is 0.156. The number of aryl methyl sites for hydroxylation is 3. The third-order valence-corrected chi connectivity index (χ3v) is 3.21. The number of rotatable bonds is 5. The average molecular weight is 259 g/mol. The fourth-order valence-electron chi connectivity index (χ4n) is 1.92. The van der Waals surface area contributed by atoms with Crippen molar-refractivity contribution in [3.8, 4) is 0 Å². The van der Waals surface area contributed by atoms with Gasteiger partial charge in [0.1, 0.15) is 0 Å². The van der Waals surface area contributed by atoms with Gasteiger partial charge in [0.15, 0.2) is 5.82 Å². The summed E-state index contributed by atoms with van der Waals surface area (Å²) >= 11 is 0. The molecule has 0 spiro atoms. The molecule has 0 saturated carbocycles. The molecular weight excluding hydrogens is 238 g/mol. The minimum Gasteiger partial charge on any atom is -0.339 e. The Morgan fingerprint density at radius 3 is 2.74 bits per heavy atom. The van der Waals surface area contributed by atoms with Crippen LogP contribution in [0, 0.1) is 12.8 Å². The lowest BCUT2D eigenvalue weighted by atomic mass is 10.1. The summed E-state index contributed by atoms with van der Waals surface area (Å²) in [6, 6.07) is 8.30. The van der Waals surface area contributed by atoms with Crippen LogP contribution in [0.2, 0.25) is 0 Å². The normalized spacial score (nSPS) is 12.9. The molecule has 0 radical (unpaired) electrons. The fraction of sp³-hybridized carbons (Fsp3) is 0.467. The summed E-state index contributed by atoms with van der Waals surface area (Å²) in [5.41, 5.74) is 8.55. The van der Waals surface area contributed by atoms with E-state index in [9.17, 15) is 0 Å². The Labute approximate surface area is 114 Å². The van der Waals surface area contributed by atoms with Crippen LogP contribution in [0.3, 0.4) is 0 Å². The molecule has 2 rings (SSSR count). The summed E-state index contributed by atoms with van der Waals surface area (Å²) in [7, 11) is 0. The molecule has 0 aliphatic rings. The van der Waals surface area contributed by atoms with Crippen molar-refractivity contribution < 1.29 is 4.52 Å². The van der Waals surface area contributed by atoms with Crippen molar-refractivity contribution in [2.75, 3.05) is 0 Å². The predicted molar refractivity (Wildman–Crippen MR) is 74.7 cm³/mol. The van der Waals surface area contributed by atoms with Crippen LogP contribution in [-0.2, 0) is 12.8 Å². The van der Waals surface area contributed by atoms with Crippen molar-refractivity contribution in [1.82, 2.24) is 10.1 Å². The molecule has 4 heteroatoms. The van der Waals surface area contributed by atoms with E-state index in [0.717, 1.165) is 12.8 Å². The van der Waals surface area contributed by atoms with E-state index in [2.05, 4.69) is 41.3 Å². The second kappa shape index (κ2) is 5.97. The van der Waals surface area contributed by atoms with Gasteiger partial charge < -0.3 is 10.3 Å². The fourth-order valence-corrected chi connectivity index (χ4v) is 1.92. The first kappa shape index (κ1) is 13.7. The van der Waals surface area contributed by atoms with Gasteiger partial charge >= 0.3 is 0 Å². The van der Waals surface area contributed by atoms with E-state index in [0.29, 0.717) is 17.6 Å². The van der Waals surface area contributed by atoms with Gasteiger partial charge in [0.05, 0.1) is 6.04 Å². The summed E-state index contributed by atoms with van der Waals surface area (Å²) in [6.07, 6.45) is 1.65. The molecule has 0 saturated heterocycles. The zero-order valence-electron chi connectivity index (χ0n) is 11.8. The molecule has 1 unspecified atom stereocenters. The van der Waals surface area contributed by atoms with Gasteiger partial charge in [0.25, 0.3) is 0 Å². The average Bonchev–Trinajstić information content (AvgIpc) is 2.84. The summed E-state index contributed by atoms with van der Waals surface area (Å²) in [5, 5.41) is 3.96. The molecule has 0 fully saturated rings. The summed E-state index contributed by atoms with van der Waals surface area (Å²) in [6.45, 7) is 6.19. The lowest BCUT2D eigenvalue weighted by Gasteiger charge is -2.09. The molecule has 2 aromatic rings. The summed E-state index contributed by atoms with van der Waals surface area (Å²) in [4.78, 5) is 4.37. The maximum atomic E-state index is 5.99. The second-order valence-corrected chi connectivity index (χ2v) is 5.31. The molecule has 1 heterocycles. The van der Waals surface area contributed by atoms with Gasteiger partial charge in [0.2, 0.25) is 5.89 Å². The standard InChI is InChI=1S/C15H21N3O/c1-10(2)14(16)15-17-13(19-18-15)8-7-12-6-4-5-11(3)9-12/h4-6,9-10,14H,7-8,16H2,1-3H3. The van der Waals surface area contributed by atoms with E-state index in [-0.39, 0.29) is 6.04 Å². The zero-order chi connectivity index (χ0) is 13.8. The SMILES string of the molecule is Cc1cccc(CCc2nc(C(N)C(C)C)no2)c1. The van der Waals surface area contributed by atoms with E-state index in [1.54, 1.807) is 0 Å². The van der Waals surface area contributed by atoms with Gasteiger partial charge in [-0.05, 0) is 24.8 Å². The van der Waals surface area contributed by atoms with Gasteiger partial charge in [-0.3, -0.25) is 0 Å². The smallest absolute Gasteiger partial charge is 0.227 e. The highest BCUT2D eigenvalue weighted by atomic mass is 16.5. The molecule has 4 nitrogen and oxygen atoms in total. The molecule has 1 aromatic carbocycles. The largest absolute Gasteiger partial charge is 0.339 e. The highest BCUT2D eigenvalue weighted by Gasteiger charge is 2.17. The molecule has 1 atom stereocenters. The first-order valence-electron chi connectivity index (χ1n) is 6.70. The van der Waals surface area contributed by atoms with Crippen LogP contribution in [0.25, 0.3) is 0 Å². The zero-order valence-corrected chi connectivity index (χ0v) is 11.8. The third-order valence-electron chi connectivity index (χ3n) is 3.21. The van der Waals surface area contributed by atoms with Crippen molar-refractivity contribution in [3.63, 3.8) is 0 Å². The van der Waals surface area contributed by atoms with Crippen LogP contribution in [0.4, 0.5) is 0 Å². The second-order valence-electron chi connectivity index (χ2n) is 5.31. The first-order valence-corrected chi connectivity index (χ1v) is 6.70. The van der Waals surface area contributed by atoms with Crippen LogP contribution in [0.15, 0.2) is 28.8 Å². The summed E-state index contributed by atoms with van der Waals surface area (Å²) in [5.74, 6) is 1.57. The van der Waals surface area contributed by atoms with Crippen molar-refractivity contribution >= 4 is 0 Å². The quantitative estimate of drug-likeness (QED) is 0.896. The van der Waals surface area contributed by atoms with Crippen LogP contribution < -0.4 is 5.73 Å².